The van der Waals surface area contributed by atoms with Crippen LogP contribution in [0.15, 0.2) is 11.6 Å². The normalized spacial score (nSPS) is 11.1. The predicted molar refractivity (Wildman–Crippen MR) is 47.3 cm³/mol. The summed E-state index contributed by atoms with van der Waals surface area (Å²) < 4.78 is 4.59. The van der Waals surface area contributed by atoms with Crippen LogP contribution in [0, 0.1) is 0 Å². The number of ether oxygens (including phenoxy) is 1. The molecule has 0 aliphatic heterocycles. The second-order valence-corrected chi connectivity index (χ2v) is 2.59. The molecule has 74 valence electrons. The number of hydrogen-bond acceptors (Lipinski definition) is 3. The zero-order chi connectivity index (χ0) is 10.3. The number of hydrogen-bond donors (Lipinski definition) is 1. The minimum atomic E-state index is -0.950. The monoisotopic (exact) mass is 186 g/mol. The highest BCUT2D eigenvalue weighted by Gasteiger charge is 2.04. The zero-order valence-electron chi connectivity index (χ0n) is 7.87. The van der Waals surface area contributed by atoms with E-state index in [9.17, 15) is 9.59 Å². The van der Waals surface area contributed by atoms with Gasteiger partial charge in [-0.25, -0.2) is 4.79 Å². The Morgan fingerprint density at radius 1 is 1.46 bits per heavy atom. The topological polar surface area (TPSA) is 63.6 Å². The van der Waals surface area contributed by atoms with Crippen LogP contribution in [0.4, 0.5) is 0 Å². The standard InChI is InChI=1S/C9H14O4/c1-3-4-8(9(11)12)5-6-13-7(2)10/h5H,3-4,6H2,1-2H3,(H,11,12)/b8-5+. The maximum atomic E-state index is 10.6. The van der Waals surface area contributed by atoms with Crippen LogP contribution in [0.25, 0.3) is 0 Å². The molecule has 0 aromatic carbocycles. The van der Waals surface area contributed by atoms with Gasteiger partial charge in [-0.3, -0.25) is 4.79 Å². The second-order valence-electron chi connectivity index (χ2n) is 2.59. The van der Waals surface area contributed by atoms with E-state index in [-0.39, 0.29) is 6.61 Å². The van der Waals surface area contributed by atoms with Crippen LogP contribution in [0.3, 0.4) is 0 Å². The Morgan fingerprint density at radius 3 is 2.46 bits per heavy atom. The third-order valence-corrected chi connectivity index (χ3v) is 1.41. The molecule has 13 heavy (non-hydrogen) atoms. The Balaban J connectivity index is 4.03. The van der Waals surface area contributed by atoms with Gasteiger partial charge in [-0.2, -0.15) is 0 Å². The van der Waals surface area contributed by atoms with Gasteiger partial charge in [0.05, 0.1) is 0 Å². The van der Waals surface area contributed by atoms with Gasteiger partial charge in [0, 0.05) is 12.5 Å². The molecule has 4 heteroatoms. The van der Waals surface area contributed by atoms with Crippen molar-refractivity contribution < 1.29 is 19.4 Å². The van der Waals surface area contributed by atoms with Gasteiger partial charge in [0.2, 0.25) is 0 Å². The first kappa shape index (κ1) is 11.7. The van der Waals surface area contributed by atoms with Crippen molar-refractivity contribution in [1.82, 2.24) is 0 Å². The highest BCUT2D eigenvalue weighted by molar-refractivity contribution is 5.86. The summed E-state index contributed by atoms with van der Waals surface area (Å²) in [4.78, 5) is 20.9. The summed E-state index contributed by atoms with van der Waals surface area (Å²) in [7, 11) is 0. The van der Waals surface area contributed by atoms with Crippen LogP contribution >= 0.6 is 0 Å². The number of carboxylic acids is 1. The van der Waals surface area contributed by atoms with Gasteiger partial charge in [0.25, 0.3) is 0 Å². The fraction of sp³-hybridized carbons (Fsp3) is 0.556. The molecule has 0 bridgehead atoms. The molecule has 0 atom stereocenters. The Morgan fingerprint density at radius 2 is 2.08 bits per heavy atom. The molecule has 0 aromatic heterocycles. The molecular weight excluding hydrogens is 172 g/mol. The van der Waals surface area contributed by atoms with Crippen LogP contribution in [0.2, 0.25) is 0 Å². The summed E-state index contributed by atoms with van der Waals surface area (Å²) in [6, 6.07) is 0. The fourth-order valence-corrected chi connectivity index (χ4v) is 0.825. The van der Waals surface area contributed by atoms with E-state index in [1.165, 1.54) is 13.0 Å². The number of rotatable bonds is 5. The first-order valence-electron chi connectivity index (χ1n) is 4.13. The van der Waals surface area contributed by atoms with Crippen molar-refractivity contribution in [2.45, 2.75) is 26.7 Å². The fourth-order valence-electron chi connectivity index (χ4n) is 0.825. The molecule has 0 aromatic rings. The van der Waals surface area contributed by atoms with Crippen molar-refractivity contribution in [1.29, 1.82) is 0 Å². The molecule has 0 fully saturated rings. The summed E-state index contributed by atoms with van der Waals surface area (Å²) in [5, 5.41) is 8.66. The van der Waals surface area contributed by atoms with E-state index in [1.807, 2.05) is 6.92 Å². The molecule has 0 unspecified atom stereocenters. The number of carboxylic acid groups (broad SMARTS) is 1. The Labute approximate surface area is 77.2 Å². The lowest BCUT2D eigenvalue weighted by Crippen LogP contribution is -2.04. The maximum absolute atomic E-state index is 10.6. The van der Waals surface area contributed by atoms with Crippen molar-refractivity contribution >= 4 is 11.9 Å². The Bertz CT molecular complexity index is 218. The van der Waals surface area contributed by atoms with E-state index in [0.29, 0.717) is 12.0 Å². The van der Waals surface area contributed by atoms with Gasteiger partial charge < -0.3 is 9.84 Å². The van der Waals surface area contributed by atoms with Crippen molar-refractivity contribution in [3.05, 3.63) is 11.6 Å². The molecule has 4 nitrogen and oxygen atoms in total. The first-order chi connectivity index (χ1) is 6.07. The molecule has 0 spiro atoms. The summed E-state index contributed by atoms with van der Waals surface area (Å²) in [5.41, 5.74) is 0.295. The van der Waals surface area contributed by atoms with Gasteiger partial charge in [0.15, 0.2) is 0 Å². The van der Waals surface area contributed by atoms with Crippen molar-refractivity contribution in [3.63, 3.8) is 0 Å². The van der Waals surface area contributed by atoms with E-state index in [2.05, 4.69) is 4.74 Å². The lowest BCUT2D eigenvalue weighted by atomic mass is 10.1. The van der Waals surface area contributed by atoms with Crippen LogP contribution < -0.4 is 0 Å². The van der Waals surface area contributed by atoms with Crippen molar-refractivity contribution in [2.24, 2.45) is 0 Å². The third-order valence-electron chi connectivity index (χ3n) is 1.41. The van der Waals surface area contributed by atoms with Gasteiger partial charge in [-0.1, -0.05) is 13.3 Å². The SMILES string of the molecule is CCC/C(=C\COC(C)=O)C(=O)O. The van der Waals surface area contributed by atoms with E-state index < -0.39 is 11.9 Å². The highest BCUT2D eigenvalue weighted by Crippen LogP contribution is 2.04. The van der Waals surface area contributed by atoms with Crippen molar-refractivity contribution in [3.8, 4) is 0 Å². The molecule has 0 heterocycles. The largest absolute Gasteiger partial charge is 0.478 e. The molecular formula is C9H14O4. The smallest absolute Gasteiger partial charge is 0.331 e. The van der Waals surface area contributed by atoms with E-state index >= 15 is 0 Å². The quantitative estimate of drug-likeness (QED) is 0.520. The zero-order valence-corrected chi connectivity index (χ0v) is 7.87. The Hall–Kier alpha value is -1.32. The minimum Gasteiger partial charge on any atom is -0.478 e. The van der Waals surface area contributed by atoms with Crippen LogP contribution in [0.1, 0.15) is 26.7 Å². The Kier molecular flexibility index (Phi) is 5.59. The average molecular weight is 186 g/mol. The molecule has 0 aliphatic carbocycles. The van der Waals surface area contributed by atoms with Crippen LogP contribution in [0.5, 0.6) is 0 Å². The van der Waals surface area contributed by atoms with E-state index in [0.717, 1.165) is 6.42 Å². The first-order valence-corrected chi connectivity index (χ1v) is 4.13. The summed E-state index contributed by atoms with van der Waals surface area (Å²) >= 11 is 0. The highest BCUT2D eigenvalue weighted by atomic mass is 16.5. The number of carbonyl (C=O) groups is 2. The van der Waals surface area contributed by atoms with Crippen LogP contribution in [-0.4, -0.2) is 23.7 Å². The molecule has 1 N–H and O–H groups in total. The number of esters is 1. The molecule has 0 amide bonds. The minimum absolute atomic E-state index is 0.0387. The third kappa shape index (κ3) is 5.90. The predicted octanol–water partition coefficient (Wildman–Crippen LogP) is 1.36. The second kappa shape index (κ2) is 6.22. The summed E-state index contributed by atoms with van der Waals surface area (Å²) in [6.07, 6.45) is 2.68. The maximum Gasteiger partial charge on any atom is 0.331 e. The number of aliphatic carboxylic acids is 1. The number of carbonyl (C=O) groups excluding carboxylic acids is 1. The molecule has 0 saturated heterocycles. The lowest BCUT2D eigenvalue weighted by Gasteiger charge is -2.00. The summed E-state index contributed by atoms with van der Waals surface area (Å²) in [5.74, 6) is -1.36. The van der Waals surface area contributed by atoms with Crippen molar-refractivity contribution in [2.75, 3.05) is 6.61 Å². The molecule has 0 aliphatic rings. The molecule has 0 saturated carbocycles. The lowest BCUT2D eigenvalue weighted by molar-refractivity contribution is -0.140. The molecule has 0 rings (SSSR count). The van der Waals surface area contributed by atoms with E-state index in [1.54, 1.807) is 0 Å². The van der Waals surface area contributed by atoms with Gasteiger partial charge in [0.1, 0.15) is 6.61 Å². The van der Waals surface area contributed by atoms with Crippen LogP contribution in [-0.2, 0) is 14.3 Å². The van der Waals surface area contributed by atoms with Gasteiger partial charge in [-0.05, 0) is 12.5 Å². The van der Waals surface area contributed by atoms with Gasteiger partial charge >= 0.3 is 11.9 Å². The van der Waals surface area contributed by atoms with Gasteiger partial charge in [-0.15, -0.1) is 0 Å². The van der Waals surface area contributed by atoms with E-state index in [4.69, 9.17) is 5.11 Å². The average Bonchev–Trinajstić information content (AvgIpc) is 2.02. The molecule has 0 radical (unpaired) electrons. The summed E-state index contributed by atoms with van der Waals surface area (Å²) in [6.45, 7) is 3.22.